The van der Waals surface area contributed by atoms with Crippen molar-refractivity contribution >= 4 is 5.69 Å². The van der Waals surface area contributed by atoms with Crippen LogP contribution in [0.15, 0.2) is 18.2 Å². The Kier molecular flexibility index (Phi) is 2.24. The Morgan fingerprint density at radius 3 is 2.69 bits per heavy atom. The maximum Gasteiger partial charge on any atom is 0.0345 e. The summed E-state index contributed by atoms with van der Waals surface area (Å²) >= 11 is 0. The van der Waals surface area contributed by atoms with Gasteiger partial charge >= 0.3 is 0 Å². The minimum absolute atomic E-state index is 0.555. The van der Waals surface area contributed by atoms with Crippen molar-refractivity contribution < 1.29 is 0 Å². The van der Waals surface area contributed by atoms with E-state index in [9.17, 15) is 0 Å². The summed E-state index contributed by atoms with van der Waals surface area (Å²) in [7, 11) is 0. The summed E-state index contributed by atoms with van der Waals surface area (Å²) in [6, 6.07) is 7.54. The van der Waals surface area contributed by atoms with Crippen LogP contribution in [0.2, 0.25) is 0 Å². The van der Waals surface area contributed by atoms with Gasteiger partial charge in [-0.15, -0.1) is 0 Å². The predicted molar refractivity (Wildman–Crippen MR) is 68.9 cm³/mol. The molecule has 0 radical (unpaired) electrons. The van der Waals surface area contributed by atoms with Gasteiger partial charge in [0.2, 0.25) is 0 Å². The Labute approximate surface area is 98.3 Å². The lowest BCUT2D eigenvalue weighted by atomic mass is 10.00. The van der Waals surface area contributed by atoms with Crippen molar-refractivity contribution in [2.75, 3.05) is 5.32 Å². The van der Waals surface area contributed by atoms with Crippen molar-refractivity contribution in [2.45, 2.75) is 52.0 Å². The van der Waals surface area contributed by atoms with Gasteiger partial charge in [-0.3, -0.25) is 0 Å². The Morgan fingerprint density at radius 1 is 1.19 bits per heavy atom. The third-order valence-electron chi connectivity index (χ3n) is 4.57. The van der Waals surface area contributed by atoms with Gasteiger partial charge in [-0.25, -0.2) is 0 Å². The quantitative estimate of drug-likeness (QED) is 0.809. The first-order chi connectivity index (χ1) is 7.67. The molecule has 1 aromatic rings. The SMILES string of the molecule is CC(Nc1ccc2c(c1)CCC2)C1(C)CC1. The standard InChI is InChI=1S/C15H21N/c1-11(15(2)8-9-15)16-14-7-6-12-4-3-5-13(12)10-14/h6-7,10-11,16H,3-5,8-9H2,1-2H3. The Balaban J connectivity index is 1.75. The van der Waals surface area contributed by atoms with Crippen molar-refractivity contribution in [3.8, 4) is 0 Å². The normalized spacial score (nSPS) is 22.6. The zero-order valence-electron chi connectivity index (χ0n) is 10.3. The number of fused-ring (bicyclic) bond motifs is 1. The fraction of sp³-hybridized carbons (Fsp3) is 0.600. The lowest BCUT2D eigenvalue weighted by Gasteiger charge is -2.22. The first kappa shape index (κ1) is 10.2. The fourth-order valence-electron chi connectivity index (χ4n) is 2.72. The summed E-state index contributed by atoms with van der Waals surface area (Å²) in [6.45, 7) is 4.71. The van der Waals surface area contributed by atoms with E-state index in [0.29, 0.717) is 11.5 Å². The highest BCUT2D eigenvalue weighted by Gasteiger charge is 2.42. The monoisotopic (exact) mass is 215 g/mol. The molecule has 1 fully saturated rings. The van der Waals surface area contributed by atoms with Crippen LogP contribution >= 0.6 is 0 Å². The summed E-state index contributed by atoms with van der Waals surface area (Å²) in [5.74, 6) is 0. The van der Waals surface area contributed by atoms with Crippen LogP contribution in [-0.2, 0) is 12.8 Å². The minimum atomic E-state index is 0.555. The van der Waals surface area contributed by atoms with Crippen LogP contribution in [0.4, 0.5) is 5.69 Å². The van der Waals surface area contributed by atoms with Crippen LogP contribution in [0.25, 0.3) is 0 Å². The van der Waals surface area contributed by atoms with Gasteiger partial charge in [0.05, 0.1) is 0 Å². The van der Waals surface area contributed by atoms with Crippen LogP contribution < -0.4 is 5.32 Å². The van der Waals surface area contributed by atoms with Crippen LogP contribution in [0.3, 0.4) is 0 Å². The van der Waals surface area contributed by atoms with Crippen molar-refractivity contribution in [1.29, 1.82) is 0 Å². The van der Waals surface area contributed by atoms with Gasteiger partial charge in [0.15, 0.2) is 0 Å². The van der Waals surface area contributed by atoms with Crippen LogP contribution in [-0.4, -0.2) is 6.04 Å². The molecule has 0 bridgehead atoms. The molecule has 1 unspecified atom stereocenters. The van der Waals surface area contributed by atoms with Gasteiger partial charge < -0.3 is 5.32 Å². The van der Waals surface area contributed by atoms with E-state index in [-0.39, 0.29) is 0 Å². The maximum atomic E-state index is 3.67. The summed E-state index contributed by atoms with van der Waals surface area (Å²) in [4.78, 5) is 0. The molecular formula is C15H21N. The van der Waals surface area contributed by atoms with E-state index in [1.54, 1.807) is 11.1 Å². The molecule has 0 spiro atoms. The van der Waals surface area contributed by atoms with E-state index in [0.717, 1.165) is 0 Å². The van der Waals surface area contributed by atoms with E-state index >= 15 is 0 Å². The summed E-state index contributed by atoms with van der Waals surface area (Å²) in [5, 5.41) is 3.67. The molecule has 86 valence electrons. The largest absolute Gasteiger partial charge is 0.382 e. The number of hydrogen-bond donors (Lipinski definition) is 1. The van der Waals surface area contributed by atoms with Crippen LogP contribution in [0.5, 0.6) is 0 Å². The van der Waals surface area contributed by atoms with Gasteiger partial charge in [-0.2, -0.15) is 0 Å². The minimum Gasteiger partial charge on any atom is -0.382 e. The molecule has 3 rings (SSSR count). The Hall–Kier alpha value is -0.980. The molecule has 0 saturated heterocycles. The third-order valence-corrected chi connectivity index (χ3v) is 4.57. The molecule has 2 aliphatic carbocycles. The zero-order chi connectivity index (χ0) is 11.2. The second-order valence-electron chi connectivity index (χ2n) is 5.86. The number of nitrogens with one attached hydrogen (secondary N) is 1. The van der Waals surface area contributed by atoms with Gasteiger partial charge in [0, 0.05) is 11.7 Å². The first-order valence-electron chi connectivity index (χ1n) is 6.56. The number of benzene rings is 1. The van der Waals surface area contributed by atoms with Crippen molar-refractivity contribution in [3.63, 3.8) is 0 Å². The second-order valence-corrected chi connectivity index (χ2v) is 5.86. The number of rotatable bonds is 3. The first-order valence-corrected chi connectivity index (χ1v) is 6.56. The van der Waals surface area contributed by atoms with Crippen molar-refractivity contribution in [1.82, 2.24) is 0 Å². The number of hydrogen-bond acceptors (Lipinski definition) is 1. The lowest BCUT2D eigenvalue weighted by molar-refractivity contribution is 0.493. The molecule has 0 heterocycles. The van der Waals surface area contributed by atoms with E-state index in [2.05, 4.69) is 37.4 Å². The zero-order valence-corrected chi connectivity index (χ0v) is 10.3. The topological polar surface area (TPSA) is 12.0 Å². The highest BCUT2D eigenvalue weighted by molar-refractivity contribution is 5.51. The molecule has 1 N–H and O–H groups in total. The van der Waals surface area contributed by atoms with Gasteiger partial charge in [0.25, 0.3) is 0 Å². The van der Waals surface area contributed by atoms with E-state index in [4.69, 9.17) is 0 Å². The average Bonchev–Trinajstić information content (AvgIpc) is 2.87. The van der Waals surface area contributed by atoms with Crippen molar-refractivity contribution in [2.24, 2.45) is 5.41 Å². The van der Waals surface area contributed by atoms with Gasteiger partial charge in [0.1, 0.15) is 0 Å². The van der Waals surface area contributed by atoms with E-state index in [1.807, 2.05) is 0 Å². The molecule has 1 aromatic carbocycles. The molecule has 2 aliphatic rings. The van der Waals surface area contributed by atoms with Crippen molar-refractivity contribution in [3.05, 3.63) is 29.3 Å². The van der Waals surface area contributed by atoms with Gasteiger partial charge in [-0.05, 0) is 67.7 Å². The molecule has 1 saturated carbocycles. The van der Waals surface area contributed by atoms with Crippen LogP contribution in [0.1, 0.15) is 44.2 Å². The summed E-state index contributed by atoms with van der Waals surface area (Å²) in [5.41, 5.74) is 5.01. The van der Waals surface area contributed by atoms with E-state index in [1.165, 1.54) is 37.8 Å². The predicted octanol–water partition coefficient (Wildman–Crippen LogP) is 3.78. The lowest BCUT2D eigenvalue weighted by Crippen LogP contribution is -2.24. The average molecular weight is 215 g/mol. The summed E-state index contributed by atoms with van der Waals surface area (Å²) < 4.78 is 0. The molecule has 0 aromatic heterocycles. The maximum absolute atomic E-state index is 3.67. The number of anilines is 1. The molecule has 1 heteroatoms. The molecule has 16 heavy (non-hydrogen) atoms. The van der Waals surface area contributed by atoms with Crippen LogP contribution in [0, 0.1) is 5.41 Å². The molecule has 1 nitrogen and oxygen atoms in total. The highest BCUT2D eigenvalue weighted by atomic mass is 14.9. The highest BCUT2D eigenvalue weighted by Crippen LogP contribution is 2.48. The summed E-state index contributed by atoms with van der Waals surface area (Å²) in [6.07, 6.45) is 6.66. The smallest absolute Gasteiger partial charge is 0.0345 e. The Morgan fingerprint density at radius 2 is 1.94 bits per heavy atom. The Bertz CT molecular complexity index is 404. The second kappa shape index (κ2) is 3.51. The molecule has 0 amide bonds. The molecule has 1 atom stereocenters. The van der Waals surface area contributed by atoms with E-state index < -0.39 is 0 Å². The molecule has 0 aliphatic heterocycles. The number of aryl methyl sites for hydroxylation is 2. The fourth-order valence-corrected chi connectivity index (χ4v) is 2.72. The third kappa shape index (κ3) is 1.73. The molecular weight excluding hydrogens is 194 g/mol. The van der Waals surface area contributed by atoms with Gasteiger partial charge in [-0.1, -0.05) is 13.0 Å².